The van der Waals surface area contributed by atoms with E-state index >= 15 is 0 Å². The molecule has 29 heavy (non-hydrogen) atoms. The Morgan fingerprint density at radius 2 is 1.24 bits per heavy atom. The molecule has 0 amide bonds. The van der Waals surface area contributed by atoms with Gasteiger partial charge in [0.05, 0.1) is 11.6 Å². The zero-order valence-electron chi connectivity index (χ0n) is 13.6. The molecule has 16 heteroatoms. The lowest BCUT2D eigenvalue weighted by Crippen LogP contribution is -2.74. The molecule has 170 valence electrons. The second kappa shape index (κ2) is 6.26. The van der Waals surface area contributed by atoms with E-state index < -0.39 is 59.6 Å². The van der Waals surface area contributed by atoms with E-state index in [9.17, 15) is 62.2 Å². The highest BCUT2D eigenvalue weighted by atomic mass is 19.4. The van der Waals surface area contributed by atoms with Gasteiger partial charge >= 0.3 is 41.6 Å². The van der Waals surface area contributed by atoms with E-state index in [0.29, 0.717) is 0 Å². The van der Waals surface area contributed by atoms with Crippen molar-refractivity contribution in [3.63, 3.8) is 0 Å². The van der Waals surface area contributed by atoms with Crippen molar-refractivity contribution in [1.29, 1.82) is 0 Å². The largest absolute Gasteiger partial charge is 0.460 e. The van der Waals surface area contributed by atoms with Crippen molar-refractivity contribution in [2.24, 2.45) is 11.1 Å². The van der Waals surface area contributed by atoms with E-state index in [1.54, 1.807) is 0 Å². The Hall–Kier alpha value is -1.48. The molecule has 0 radical (unpaired) electrons. The topological polar surface area (TPSA) is 41.8 Å². The fourth-order valence-electron chi connectivity index (χ4n) is 2.99. The summed E-state index contributed by atoms with van der Waals surface area (Å²) in [5.74, 6) is -45.1. The summed E-state index contributed by atoms with van der Waals surface area (Å²) in [4.78, 5) is 3.72. The standard InChI is InChI=1S/C13H10F13NO2/c14-8(15,7(28)5-3-1-2-4-6(5)27-29-7)9(16,17)10(18,19)11(20,21)12(22,23)13(24,25)26/h5,28H,1-4H2. The molecule has 0 saturated heterocycles. The minimum Gasteiger partial charge on any atom is -0.353 e. The van der Waals surface area contributed by atoms with Gasteiger partial charge in [-0.3, -0.25) is 0 Å². The van der Waals surface area contributed by atoms with Crippen molar-refractivity contribution in [3.8, 4) is 0 Å². The van der Waals surface area contributed by atoms with Gasteiger partial charge < -0.3 is 9.94 Å². The molecule has 1 N–H and O–H groups in total. The third kappa shape index (κ3) is 2.80. The van der Waals surface area contributed by atoms with Crippen LogP contribution in [0.2, 0.25) is 0 Å². The van der Waals surface area contributed by atoms with E-state index in [0.717, 1.165) is 0 Å². The van der Waals surface area contributed by atoms with Gasteiger partial charge in [0.1, 0.15) is 0 Å². The van der Waals surface area contributed by atoms with Crippen LogP contribution in [0.3, 0.4) is 0 Å². The van der Waals surface area contributed by atoms with Crippen LogP contribution in [-0.2, 0) is 4.84 Å². The molecule has 0 spiro atoms. The van der Waals surface area contributed by atoms with E-state index in [2.05, 4.69) is 9.99 Å². The number of halogens is 13. The van der Waals surface area contributed by atoms with Crippen LogP contribution in [0.25, 0.3) is 0 Å². The Kier molecular flexibility index (Phi) is 5.14. The highest BCUT2D eigenvalue weighted by Crippen LogP contribution is 2.63. The van der Waals surface area contributed by atoms with Crippen LogP contribution < -0.4 is 0 Å². The number of fused-ring (bicyclic) bond motifs is 1. The van der Waals surface area contributed by atoms with Crippen LogP contribution in [0.15, 0.2) is 5.16 Å². The average molecular weight is 459 g/mol. The molecule has 3 nitrogen and oxygen atoms in total. The predicted molar refractivity (Wildman–Crippen MR) is 66.2 cm³/mol. The van der Waals surface area contributed by atoms with Gasteiger partial charge in [0.15, 0.2) is 0 Å². The molecule has 2 aliphatic rings. The van der Waals surface area contributed by atoms with Gasteiger partial charge in [0.25, 0.3) is 0 Å². The SMILES string of the molecule is OC1(C(F)(F)C(F)(F)C(F)(F)C(F)(F)C(F)(F)C(F)(F)F)ON=C2CCCCC21. The first-order chi connectivity index (χ1) is 12.7. The van der Waals surface area contributed by atoms with Gasteiger partial charge in [-0.15, -0.1) is 0 Å². The van der Waals surface area contributed by atoms with Crippen molar-refractivity contribution < 1.29 is 67.0 Å². The van der Waals surface area contributed by atoms with Gasteiger partial charge in [-0.1, -0.05) is 11.6 Å². The van der Waals surface area contributed by atoms with Crippen LogP contribution in [-0.4, -0.2) is 52.4 Å². The van der Waals surface area contributed by atoms with E-state index in [-0.39, 0.29) is 19.3 Å². The number of nitrogens with zero attached hydrogens (tertiary/aromatic N) is 1. The summed E-state index contributed by atoms with van der Waals surface area (Å²) in [5, 5.41) is 12.6. The maximum absolute atomic E-state index is 14.2. The average Bonchev–Trinajstić information content (AvgIpc) is 2.92. The molecule has 2 unspecified atom stereocenters. The molecule has 2 rings (SSSR count). The van der Waals surface area contributed by atoms with Gasteiger partial charge in [0.2, 0.25) is 0 Å². The zero-order chi connectivity index (χ0) is 22.9. The summed E-state index contributed by atoms with van der Waals surface area (Å²) in [6.07, 6.45) is -8.15. The van der Waals surface area contributed by atoms with E-state index in [1.165, 1.54) is 0 Å². The van der Waals surface area contributed by atoms with Gasteiger partial charge in [-0.25, -0.2) is 0 Å². The Balaban J connectivity index is 2.54. The summed E-state index contributed by atoms with van der Waals surface area (Å²) in [6.45, 7) is 0. The number of aliphatic hydroxyl groups is 1. The lowest BCUT2D eigenvalue weighted by Gasteiger charge is -2.44. The quantitative estimate of drug-likeness (QED) is 0.589. The number of oxime groups is 1. The number of hydrogen-bond donors (Lipinski definition) is 1. The van der Waals surface area contributed by atoms with Crippen LogP contribution >= 0.6 is 0 Å². The van der Waals surface area contributed by atoms with Crippen LogP contribution in [0.1, 0.15) is 25.7 Å². The molecular weight excluding hydrogens is 449 g/mol. The third-order valence-corrected chi connectivity index (χ3v) is 4.74. The van der Waals surface area contributed by atoms with Crippen molar-refractivity contribution in [3.05, 3.63) is 0 Å². The molecule has 1 heterocycles. The molecule has 2 atom stereocenters. The fourth-order valence-corrected chi connectivity index (χ4v) is 2.99. The lowest BCUT2D eigenvalue weighted by atomic mass is 9.77. The molecule has 0 bridgehead atoms. The van der Waals surface area contributed by atoms with Gasteiger partial charge in [0, 0.05) is 0 Å². The number of rotatable bonds is 5. The Morgan fingerprint density at radius 1 is 0.759 bits per heavy atom. The number of alkyl halides is 13. The Morgan fingerprint density at radius 3 is 1.72 bits per heavy atom. The van der Waals surface area contributed by atoms with E-state index in [4.69, 9.17) is 0 Å². The van der Waals surface area contributed by atoms with Gasteiger partial charge in [-0.2, -0.15) is 57.1 Å². The normalized spacial score (nSPS) is 27.4. The first-order valence-corrected chi connectivity index (χ1v) is 7.63. The molecule has 1 saturated carbocycles. The Labute approximate surface area is 152 Å². The molecule has 1 aliphatic carbocycles. The number of hydrogen-bond acceptors (Lipinski definition) is 3. The van der Waals surface area contributed by atoms with Crippen molar-refractivity contribution >= 4 is 5.71 Å². The highest BCUT2D eigenvalue weighted by molar-refractivity contribution is 5.89. The summed E-state index contributed by atoms with van der Waals surface area (Å²) >= 11 is 0. The van der Waals surface area contributed by atoms with Crippen molar-refractivity contribution in [1.82, 2.24) is 0 Å². The molecule has 1 aliphatic heterocycles. The fraction of sp³-hybridized carbons (Fsp3) is 0.923. The van der Waals surface area contributed by atoms with Crippen molar-refractivity contribution in [2.45, 2.75) is 67.3 Å². The predicted octanol–water partition coefficient (Wildman–Crippen LogP) is 4.99. The Bertz CT molecular complexity index is 687. The molecular formula is C13H10F13NO2. The smallest absolute Gasteiger partial charge is 0.353 e. The highest BCUT2D eigenvalue weighted by Gasteiger charge is 2.94. The van der Waals surface area contributed by atoms with Crippen LogP contribution in [0.4, 0.5) is 57.1 Å². The molecule has 0 aromatic heterocycles. The summed E-state index contributed by atoms with van der Waals surface area (Å²) in [6, 6.07) is 0. The maximum Gasteiger partial charge on any atom is 0.460 e. The molecule has 1 fully saturated rings. The van der Waals surface area contributed by atoms with Crippen LogP contribution in [0, 0.1) is 5.92 Å². The second-order valence-electron chi connectivity index (χ2n) is 6.54. The first kappa shape index (κ1) is 23.8. The zero-order valence-corrected chi connectivity index (χ0v) is 13.6. The summed E-state index contributed by atoms with van der Waals surface area (Å²) < 4.78 is 172. The first-order valence-electron chi connectivity index (χ1n) is 7.63. The molecule has 0 aromatic carbocycles. The van der Waals surface area contributed by atoms with Crippen molar-refractivity contribution in [2.75, 3.05) is 0 Å². The molecule has 0 aromatic rings. The second-order valence-corrected chi connectivity index (χ2v) is 6.54. The van der Waals surface area contributed by atoms with Gasteiger partial charge in [-0.05, 0) is 19.3 Å². The maximum atomic E-state index is 14.2. The van der Waals surface area contributed by atoms with E-state index in [1.807, 2.05) is 0 Å². The summed E-state index contributed by atoms with van der Waals surface area (Å²) in [5.41, 5.74) is -0.509. The minimum absolute atomic E-state index is 0.0459. The minimum atomic E-state index is -8.03. The third-order valence-electron chi connectivity index (χ3n) is 4.74. The van der Waals surface area contributed by atoms with Crippen LogP contribution in [0.5, 0.6) is 0 Å². The lowest BCUT2D eigenvalue weighted by molar-refractivity contribution is -0.466. The monoisotopic (exact) mass is 459 g/mol. The summed E-state index contributed by atoms with van der Waals surface area (Å²) in [7, 11) is 0.